The summed E-state index contributed by atoms with van der Waals surface area (Å²) in [6.07, 6.45) is -2.67. The molecule has 0 unspecified atom stereocenters. The highest BCUT2D eigenvalue weighted by molar-refractivity contribution is 5.76. The zero-order chi connectivity index (χ0) is 11.1. The summed E-state index contributed by atoms with van der Waals surface area (Å²) in [7, 11) is 0. The van der Waals surface area contributed by atoms with E-state index in [9.17, 15) is 18.0 Å². The van der Waals surface area contributed by atoms with Crippen LogP contribution < -0.4 is 0 Å². The van der Waals surface area contributed by atoms with Crippen molar-refractivity contribution in [3.63, 3.8) is 0 Å². The Bertz CT molecular complexity index is 516. The molecule has 78 valence electrons. The molecule has 0 aromatic carbocycles. The summed E-state index contributed by atoms with van der Waals surface area (Å²) in [6, 6.07) is 3.29. The van der Waals surface area contributed by atoms with Crippen molar-refractivity contribution in [1.29, 1.82) is 0 Å². The maximum Gasteiger partial charge on any atom is 0.418 e. The molecule has 0 atom stereocenters. The number of carbonyl (C=O) groups excluding carboxylic acids is 1. The minimum atomic E-state index is -4.44. The predicted molar refractivity (Wildman–Crippen MR) is 45.6 cm³/mol. The summed E-state index contributed by atoms with van der Waals surface area (Å²) in [5, 5.41) is 3.65. The molecule has 0 saturated carbocycles. The van der Waals surface area contributed by atoms with Gasteiger partial charge in [-0.1, -0.05) is 0 Å². The van der Waals surface area contributed by atoms with Crippen LogP contribution in [-0.2, 0) is 6.18 Å². The number of hydrogen-bond donors (Lipinski definition) is 0. The topological polar surface area (TPSA) is 34.4 Å². The van der Waals surface area contributed by atoms with E-state index >= 15 is 0 Å². The zero-order valence-corrected chi connectivity index (χ0v) is 7.32. The molecule has 0 fully saturated rings. The highest BCUT2D eigenvalue weighted by atomic mass is 19.4. The van der Waals surface area contributed by atoms with Gasteiger partial charge in [0.25, 0.3) is 0 Å². The summed E-state index contributed by atoms with van der Waals surface area (Å²) < 4.78 is 38.5. The van der Waals surface area contributed by atoms with Crippen molar-refractivity contribution in [3.8, 4) is 0 Å². The summed E-state index contributed by atoms with van der Waals surface area (Å²) in [6.45, 7) is 0. The van der Waals surface area contributed by atoms with Crippen LogP contribution in [0.1, 0.15) is 16.1 Å². The van der Waals surface area contributed by atoms with Crippen molar-refractivity contribution in [3.05, 3.63) is 35.7 Å². The third-order valence-electron chi connectivity index (χ3n) is 1.95. The minimum Gasteiger partial charge on any atom is -0.296 e. The summed E-state index contributed by atoms with van der Waals surface area (Å²) in [5.41, 5.74) is -0.940. The largest absolute Gasteiger partial charge is 0.418 e. The quantitative estimate of drug-likeness (QED) is 0.682. The molecule has 2 rings (SSSR count). The summed E-state index contributed by atoms with van der Waals surface area (Å²) >= 11 is 0. The summed E-state index contributed by atoms with van der Waals surface area (Å²) in [5.74, 6) is 0. The Morgan fingerprint density at radius 3 is 2.73 bits per heavy atom. The zero-order valence-electron chi connectivity index (χ0n) is 7.32. The molecule has 0 bridgehead atoms. The van der Waals surface area contributed by atoms with Gasteiger partial charge in [0.05, 0.1) is 11.1 Å². The van der Waals surface area contributed by atoms with Crippen molar-refractivity contribution in [2.45, 2.75) is 6.18 Å². The van der Waals surface area contributed by atoms with E-state index in [1.807, 2.05) is 0 Å². The van der Waals surface area contributed by atoms with Crippen LogP contribution in [-0.4, -0.2) is 15.9 Å². The van der Waals surface area contributed by atoms with E-state index in [2.05, 4.69) is 5.10 Å². The number of hydrogen-bond acceptors (Lipinski definition) is 2. The van der Waals surface area contributed by atoms with E-state index in [4.69, 9.17) is 0 Å². The Labute approximate surface area is 82.1 Å². The lowest BCUT2D eigenvalue weighted by atomic mass is 10.2. The third-order valence-corrected chi connectivity index (χ3v) is 1.95. The molecule has 0 saturated heterocycles. The van der Waals surface area contributed by atoms with Gasteiger partial charge in [-0.25, -0.2) is 4.52 Å². The van der Waals surface area contributed by atoms with E-state index in [-0.39, 0.29) is 11.2 Å². The Balaban J connectivity index is 2.75. The third kappa shape index (κ3) is 1.58. The van der Waals surface area contributed by atoms with E-state index < -0.39 is 11.7 Å². The van der Waals surface area contributed by atoms with Crippen molar-refractivity contribution in [2.24, 2.45) is 0 Å². The second kappa shape index (κ2) is 3.08. The Kier molecular flexibility index (Phi) is 1.99. The monoisotopic (exact) mass is 214 g/mol. The smallest absolute Gasteiger partial charge is 0.296 e. The van der Waals surface area contributed by atoms with Gasteiger partial charge in [0.2, 0.25) is 0 Å². The van der Waals surface area contributed by atoms with Crippen molar-refractivity contribution in [2.75, 3.05) is 0 Å². The Morgan fingerprint density at radius 2 is 2.13 bits per heavy atom. The second-order valence-electron chi connectivity index (χ2n) is 2.94. The molecule has 0 N–H and O–H groups in total. The van der Waals surface area contributed by atoms with Gasteiger partial charge in [-0.3, -0.25) is 4.79 Å². The molecule has 0 radical (unpaired) electrons. The Hall–Kier alpha value is -1.85. The van der Waals surface area contributed by atoms with Crippen LogP contribution in [0.5, 0.6) is 0 Å². The van der Waals surface area contributed by atoms with Crippen molar-refractivity contribution in [1.82, 2.24) is 9.61 Å². The molecule has 2 heterocycles. The number of halogens is 3. The molecule has 0 amide bonds. The molecule has 0 aliphatic heterocycles. The number of pyridine rings is 1. The fourth-order valence-electron chi connectivity index (χ4n) is 1.33. The van der Waals surface area contributed by atoms with E-state index in [0.29, 0.717) is 6.29 Å². The first-order valence-electron chi connectivity index (χ1n) is 4.03. The first-order valence-corrected chi connectivity index (χ1v) is 4.03. The van der Waals surface area contributed by atoms with Gasteiger partial charge in [0.15, 0.2) is 6.29 Å². The number of fused-ring (bicyclic) bond motifs is 1. The first kappa shape index (κ1) is 9.70. The van der Waals surface area contributed by atoms with Gasteiger partial charge < -0.3 is 0 Å². The van der Waals surface area contributed by atoms with Crippen LogP contribution in [0, 0.1) is 0 Å². The number of rotatable bonds is 1. The lowest BCUT2D eigenvalue weighted by molar-refractivity contribution is -0.136. The maximum absolute atomic E-state index is 12.5. The molecule has 3 nitrogen and oxygen atoms in total. The molecular formula is C9H5F3N2O. The molecule has 2 aromatic rings. The van der Waals surface area contributed by atoms with Crippen molar-refractivity contribution < 1.29 is 18.0 Å². The minimum absolute atomic E-state index is 0.0216. The molecule has 2 aromatic heterocycles. The maximum atomic E-state index is 12.5. The second-order valence-corrected chi connectivity index (χ2v) is 2.94. The number of aromatic nitrogens is 2. The van der Waals surface area contributed by atoms with Gasteiger partial charge in [-0.05, 0) is 18.2 Å². The van der Waals surface area contributed by atoms with Gasteiger partial charge in [-0.15, -0.1) is 0 Å². The fraction of sp³-hybridized carbons (Fsp3) is 0.111. The molecular weight excluding hydrogens is 209 g/mol. The highest BCUT2D eigenvalue weighted by Gasteiger charge is 2.33. The van der Waals surface area contributed by atoms with E-state index in [1.165, 1.54) is 12.3 Å². The van der Waals surface area contributed by atoms with Crippen LogP contribution in [0.4, 0.5) is 13.2 Å². The van der Waals surface area contributed by atoms with Crippen LogP contribution in [0.2, 0.25) is 0 Å². The predicted octanol–water partition coefficient (Wildman–Crippen LogP) is 2.17. The molecule has 15 heavy (non-hydrogen) atoms. The van der Waals surface area contributed by atoms with Gasteiger partial charge in [0, 0.05) is 6.20 Å². The highest BCUT2D eigenvalue weighted by Crippen LogP contribution is 2.32. The number of aldehydes is 1. The van der Waals surface area contributed by atoms with E-state index in [0.717, 1.165) is 16.6 Å². The van der Waals surface area contributed by atoms with Crippen LogP contribution in [0.25, 0.3) is 5.52 Å². The molecule has 6 heteroatoms. The fourth-order valence-corrected chi connectivity index (χ4v) is 1.33. The normalized spacial score (nSPS) is 11.9. The van der Waals surface area contributed by atoms with Gasteiger partial charge in [0.1, 0.15) is 5.69 Å². The average Bonchev–Trinajstić information content (AvgIpc) is 2.57. The van der Waals surface area contributed by atoms with Crippen LogP contribution >= 0.6 is 0 Å². The van der Waals surface area contributed by atoms with Gasteiger partial charge in [-0.2, -0.15) is 18.3 Å². The lowest BCUT2D eigenvalue weighted by Crippen LogP contribution is -2.06. The summed E-state index contributed by atoms with van der Waals surface area (Å²) in [4.78, 5) is 10.4. The van der Waals surface area contributed by atoms with Crippen molar-refractivity contribution >= 4 is 11.8 Å². The van der Waals surface area contributed by atoms with Crippen LogP contribution in [0.15, 0.2) is 24.4 Å². The number of alkyl halides is 3. The molecule has 0 aliphatic carbocycles. The van der Waals surface area contributed by atoms with Crippen LogP contribution in [0.3, 0.4) is 0 Å². The lowest BCUT2D eigenvalue weighted by Gasteiger charge is -2.07. The number of nitrogens with zero attached hydrogens (tertiary/aromatic N) is 2. The van der Waals surface area contributed by atoms with Gasteiger partial charge >= 0.3 is 6.18 Å². The van der Waals surface area contributed by atoms with E-state index in [1.54, 1.807) is 0 Å². The average molecular weight is 214 g/mol. The molecule has 0 spiro atoms. The Morgan fingerprint density at radius 1 is 1.40 bits per heavy atom. The molecule has 0 aliphatic rings. The standard InChI is InChI=1S/C9H5F3N2O/c10-9(11,12)7-2-1-3-14-8(7)4-6(5-15)13-14/h1-5H. The number of carbonyl (C=O) groups is 1. The first-order chi connectivity index (χ1) is 7.02. The SMILES string of the molecule is O=Cc1cc2c(C(F)(F)F)cccn2n1.